The third-order valence-corrected chi connectivity index (χ3v) is 5.14. The van der Waals surface area contributed by atoms with Crippen LogP contribution in [0.15, 0.2) is 51.6 Å². The molecule has 1 fully saturated rings. The number of carbonyl (C=O) groups excluding carboxylic acids is 1. The summed E-state index contributed by atoms with van der Waals surface area (Å²) in [5.41, 5.74) is 0.816. The summed E-state index contributed by atoms with van der Waals surface area (Å²) in [6.07, 6.45) is 6.91. The second kappa shape index (κ2) is 7.96. The molecule has 4 rings (SSSR count). The fraction of sp³-hybridized carbons (Fsp3) is 0.350. The van der Waals surface area contributed by atoms with Crippen molar-refractivity contribution in [3.05, 3.63) is 59.3 Å². The van der Waals surface area contributed by atoms with Gasteiger partial charge in [-0.25, -0.2) is 0 Å². The average molecular weight is 386 g/mol. The van der Waals surface area contributed by atoms with Gasteiger partial charge in [0, 0.05) is 16.6 Å². The van der Waals surface area contributed by atoms with Gasteiger partial charge in [0.05, 0.1) is 6.26 Å². The predicted octanol–water partition coefficient (Wildman–Crippen LogP) is 4.96. The normalized spacial score (nSPS) is 15.0. The minimum absolute atomic E-state index is 0.141. The summed E-state index contributed by atoms with van der Waals surface area (Å²) >= 11 is 5.93. The summed E-state index contributed by atoms with van der Waals surface area (Å²) in [7, 11) is 0. The maximum Gasteiger partial charge on any atom is 0.290 e. The molecule has 1 aromatic carbocycles. The van der Waals surface area contributed by atoms with Crippen LogP contribution in [-0.2, 0) is 6.54 Å². The van der Waals surface area contributed by atoms with Crippen LogP contribution in [0.25, 0.3) is 11.4 Å². The van der Waals surface area contributed by atoms with Crippen molar-refractivity contribution >= 4 is 17.5 Å². The molecule has 7 heteroatoms. The zero-order valence-electron chi connectivity index (χ0n) is 14.8. The fourth-order valence-corrected chi connectivity index (χ4v) is 3.61. The van der Waals surface area contributed by atoms with E-state index in [4.69, 9.17) is 20.5 Å². The number of amides is 1. The Kier molecular flexibility index (Phi) is 5.25. The molecule has 0 atom stereocenters. The molecule has 1 saturated carbocycles. The molecule has 0 aliphatic heterocycles. The molecular weight excluding hydrogens is 366 g/mol. The van der Waals surface area contributed by atoms with Crippen molar-refractivity contribution in [2.24, 2.45) is 0 Å². The van der Waals surface area contributed by atoms with Gasteiger partial charge in [0.2, 0.25) is 11.7 Å². The maximum absolute atomic E-state index is 13.0. The summed E-state index contributed by atoms with van der Waals surface area (Å²) in [5.74, 6) is 1.08. The third kappa shape index (κ3) is 4.06. The molecule has 0 saturated heterocycles. The first-order valence-corrected chi connectivity index (χ1v) is 9.51. The first-order chi connectivity index (χ1) is 13.2. The number of aromatic nitrogens is 2. The molecule has 27 heavy (non-hydrogen) atoms. The van der Waals surface area contributed by atoms with Gasteiger partial charge in [-0.05, 0) is 49.2 Å². The van der Waals surface area contributed by atoms with Gasteiger partial charge in [0.25, 0.3) is 5.91 Å². The van der Waals surface area contributed by atoms with E-state index in [1.807, 2.05) is 12.1 Å². The van der Waals surface area contributed by atoms with E-state index in [2.05, 4.69) is 10.1 Å². The van der Waals surface area contributed by atoms with Crippen molar-refractivity contribution in [3.8, 4) is 11.4 Å². The number of benzene rings is 1. The van der Waals surface area contributed by atoms with Crippen LogP contribution in [0.2, 0.25) is 5.02 Å². The highest BCUT2D eigenvalue weighted by Gasteiger charge is 2.29. The van der Waals surface area contributed by atoms with Gasteiger partial charge in [-0.15, -0.1) is 0 Å². The Morgan fingerprint density at radius 3 is 2.63 bits per heavy atom. The molecule has 1 amide bonds. The standard InChI is InChI=1S/C20H20ClN3O3/c21-15-10-8-14(9-11-15)19-22-18(27-23-19)13-24(16-5-2-1-3-6-16)20(25)17-7-4-12-26-17/h4,7-12,16H,1-3,5-6,13H2. The number of hydrogen-bond acceptors (Lipinski definition) is 5. The quantitative estimate of drug-likeness (QED) is 0.620. The van der Waals surface area contributed by atoms with Gasteiger partial charge >= 0.3 is 0 Å². The number of furan rings is 1. The molecule has 0 radical (unpaired) electrons. The molecule has 1 aliphatic rings. The largest absolute Gasteiger partial charge is 0.459 e. The lowest BCUT2D eigenvalue weighted by Gasteiger charge is -2.32. The zero-order valence-corrected chi connectivity index (χ0v) is 15.6. The third-order valence-electron chi connectivity index (χ3n) is 4.88. The van der Waals surface area contributed by atoms with Crippen molar-refractivity contribution in [1.29, 1.82) is 0 Å². The number of halogens is 1. The molecule has 6 nitrogen and oxygen atoms in total. The Labute approximate surface area is 162 Å². The van der Waals surface area contributed by atoms with Gasteiger partial charge in [-0.1, -0.05) is 36.0 Å². The molecule has 140 valence electrons. The van der Waals surface area contributed by atoms with Crippen LogP contribution in [0, 0.1) is 0 Å². The van der Waals surface area contributed by atoms with E-state index in [0.717, 1.165) is 31.2 Å². The van der Waals surface area contributed by atoms with Crippen LogP contribution in [0.1, 0.15) is 48.5 Å². The summed E-state index contributed by atoms with van der Waals surface area (Å²) in [5, 5.41) is 4.69. The van der Waals surface area contributed by atoms with Gasteiger partial charge in [0.15, 0.2) is 5.76 Å². The van der Waals surface area contributed by atoms with Gasteiger partial charge in [0.1, 0.15) is 6.54 Å². The van der Waals surface area contributed by atoms with E-state index >= 15 is 0 Å². The zero-order chi connectivity index (χ0) is 18.6. The Bertz CT molecular complexity index is 884. The first-order valence-electron chi connectivity index (χ1n) is 9.14. The number of rotatable bonds is 5. The molecule has 0 bridgehead atoms. The summed E-state index contributed by atoms with van der Waals surface area (Å²) < 4.78 is 10.7. The molecule has 1 aliphatic carbocycles. The van der Waals surface area contributed by atoms with E-state index < -0.39 is 0 Å². The van der Waals surface area contributed by atoms with Crippen LogP contribution < -0.4 is 0 Å². The minimum atomic E-state index is -0.141. The SMILES string of the molecule is O=C(c1ccco1)N(Cc1nc(-c2ccc(Cl)cc2)no1)C1CCCCC1. The molecule has 0 N–H and O–H groups in total. The van der Waals surface area contributed by atoms with Crippen molar-refractivity contribution < 1.29 is 13.7 Å². The summed E-state index contributed by atoms with van der Waals surface area (Å²) in [6, 6.07) is 10.8. The van der Waals surface area contributed by atoms with Crippen LogP contribution >= 0.6 is 11.6 Å². The summed E-state index contributed by atoms with van der Waals surface area (Å²) in [6.45, 7) is 0.269. The highest BCUT2D eigenvalue weighted by atomic mass is 35.5. The van der Waals surface area contributed by atoms with Crippen molar-refractivity contribution in [2.45, 2.75) is 44.7 Å². The lowest BCUT2D eigenvalue weighted by Crippen LogP contribution is -2.40. The van der Waals surface area contributed by atoms with E-state index in [1.54, 1.807) is 29.2 Å². The lowest BCUT2D eigenvalue weighted by molar-refractivity contribution is 0.0554. The minimum Gasteiger partial charge on any atom is -0.459 e. The van der Waals surface area contributed by atoms with E-state index in [1.165, 1.54) is 12.7 Å². The second-order valence-electron chi connectivity index (χ2n) is 6.72. The number of nitrogens with zero attached hydrogens (tertiary/aromatic N) is 3. The highest BCUT2D eigenvalue weighted by Crippen LogP contribution is 2.26. The lowest BCUT2D eigenvalue weighted by atomic mass is 9.94. The van der Waals surface area contributed by atoms with E-state index in [9.17, 15) is 4.79 Å². The van der Waals surface area contributed by atoms with Crippen LogP contribution in [0.5, 0.6) is 0 Å². The van der Waals surface area contributed by atoms with Crippen LogP contribution in [-0.4, -0.2) is 27.0 Å². The Morgan fingerprint density at radius 1 is 1.15 bits per heavy atom. The van der Waals surface area contributed by atoms with Crippen molar-refractivity contribution in [3.63, 3.8) is 0 Å². The summed E-state index contributed by atoms with van der Waals surface area (Å²) in [4.78, 5) is 19.2. The highest BCUT2D eigenvalue weighted by molar-refractivity contribution is 6.30. The molecule has 0 spiro atoms. The molecule has 2 aromatic heterocycles. The van der Waals surface area contributed by atoms with Gasteiger partial charge in [-0.3, -0.25) is 4.79 Å². The predicted molar refractivity (Wildman–Crippen MR) is 100 cm³/mol. The van der Waals surface area contributed by atoms with Crippen LogP contribution in [0.4, 0.5) is 0 Å². The first kappa shape index (κ1) is 17.8. The van der Waals surface area contributed by atoms with Crippen LogP contribution in [0.3, 0.4) is 0 Å². The second-order valence-corrected chi connectivity index (χ2v) is 7.16. The van der Waals surface area contributed by atoms with E-state index in [0.29, 0.717) is 22.5 Å². The smallest absolute Gasteiger partial charge is 0.290 e. The van der Waals surface area contributed by atoms with Crippen molar-refractivity contribution in [2.75, 3.05) is 0 Å². The average Bonchev–Trinajstić information content (AvgIpc) is 3.39. The molecule has 2 heterocycles. The molecular formula is C20H20ClN3O3. The maximum atomic E-state index is 13.0. The number of hydrogen-bond donors (Lipinski definition) is 0. The number of carbonyl (C=O) groups is 1. The van der Waals surface area contributed by atoms with Crippen molar-refractivity contribution in [1.82, 2.24) is 15.0 Å². The van der Waals surface area contributed by atoms with Gasteiger partial charge in [-0.2, -0.15) is 4.98 Å². The fourth-order valence-electron chi connectivity index (χ4n) is 3.48. The Hall–Kier alpha value is -2.60. The molecule has 3 aromatic rings. The monoisotopic (exact) mass is 385 g/mol. The van der Waals surface area contributed by atoms with Gasteiger partial charge < -0.3 is 13.8 Å². The Balaban J connectivity index is 1.56. The Morgan fingerprint density at radius 2 is 1.93 bits per heavy atom. The van der Waals surface area contributed by atoms with E-state index in [-0.39, 0.29) is 18.5 Å². The topological polar surface area (TPSA) is 72.4 Å². The molecule has 0 unspecified atom stereocenters.